The van der Waals surface area contributed by atoms with E-state index in [9.17, 15) is 19.5 Å². The molecule has 3 aliphatic heterocycles. The van der Waals surface area contributed by atoms with Crippen molar-refractivity contribution in [1.82, 2.24) is 15.5 Å². The SMILES string of the molecule is CCCNC(=O)[C@@H]1[C@@H]2CCC3(O2)C(C(=O)NC(C)(C)C)N([C@H](C)CO)C(=O)[C@H]13. The van der Waals surface area contributed by atoms with Crippen molar-refractivity contribution in [2.75, 3.05) is 13.2 Å². The number of carbonyl (C=O) groups excluding carboxylic acids is 3. The zero-order valence-corrected chi connectivity index (χ0v) is 17.4. The molecular weight excluding hydrogens is 362 g/mol. The third-order valence-electron chi connectivity index (χ3n) is 6.08. The van der Waals surface area contributed by atoms with E-state index in [1.165, 1.54) is 4.90 Å². The van der Waals surface area contributed by atoms with Crippen LogP contribution in [0.1, 0.15) is 53.9 Å². The second-order valence-electron chi connectivity index (χ2n) is 9.36. The maximum absolute atomic E-state index is 13.4. The summed E-state index contributed by atoms with van der Waals surface area (Å²) < 4.78 is 6.28. The summed E-state index contributed by atoms with van der Waals surface area (Å²) in [6.45, 7) is 9.60. The maximum Gasteiger partial charge on any atom is 0.246 e. The van der Waals surface area contributed by atoms with E-state index in [4.69, 9.17) is 4.74 Å². The predicted octanol–water partition coefficient (Wildman–Crippen LogP) is 0.183. The summed E-state index contributed by atoms with van der Waals surface area (Å²) in [5, 5.41) is 15.6. The van der Waals surface area contributed by atoms with Gasteiger partial charge >= 0.3 is 0 Å². The first kappa shape index (κ1) is 21.0. The number of rotatable bonds is 6. The van der Waals surface area contributed by atoms with Crippen molar-refractivity contribution >= 4 is 17.7 Å². The van der Waals surface area contributed by atoms with Gasteiger partial charge in [0.15, 0.2) is 0 Å². The van der Waals surface area contributed by atoms with Crippen LogP contribution in [-0.4, -0.2) is 70.2 Å². The molecule has 2 unspecified atom stereocenters. The van der Waals surface area contributed by atoms with Gasteiger partial charge in [-0.2, -0.15) is 0 Å². The minimum Gasteiger partial charge on any atom is -0.394 e. The molecule has 0 aromatic carbocycles. The Morgan fingerprint density at radius 1 is 1.36 bits per heavy atom. The van der Waals surface area contributed by atoms with Gasteiger partial charge in [-0.3, -0.25) is 14.4 Å². The van der Waals surface area contributed by atoms with Gasteiger partial charge in [-0.25, -0.2) is 0 Å². The Balaban J connectivity index is 1.99. The highest BCUT2D eigenvalue weighted by Crippen LogP contribution is 2.58. The Labute approximate surface area is 166 Å². The fraction of sp³-hybridized carbons (Fsp3) is 0.850. The van der Waals surface area contributed by atoms with Crippen LogP contribution in [0.5, 0.6) is 0 Å². The van der Waals surface area contributed by atoms with Gasteiger partial charge in [0.05, 0.1) is 30.6 Å². The van der Waals surface area contributed by atoms with E-state index >= 15 is 0 Å². The highest BCUT2D eigenvalue weighted by Gasteiger charge is 2.74. The van der Waals surface area contributed by atoms with Crippen LogP contribution in [0.25, 0.3) is 0 Å². The van der Waals surface area contributed by atoms with Gasteiger partial charge in [0.25, 0.3) is 0 Å². The largest absolute Gasteiger partial charge is 0.394 e. The highest BCUT2D eigenvalue weighted by atomic mass is 16.5. The molecule has 6 atom stereocenters. The van der Waals surface area contributed by atoms with E-state index in [0.717, 1.165) is 6.42 Å². The smallest absolute Gasteiger partial charge is 0.246 e. The highest BCUT2D eigenvalue weighted by molar-refractivity contribution is 5.99. The molecule has 3 amide bonds. The number of aliphatic hydroxyl groups excluding tert-OH is 1. The van der Waals surface area contributed by atoms with Gasteiger partial charge in [-0.15, -0.1) is 0 Å². The molecule has 8 heteroatoms. The Hall–Kier alpha value is -1.67. The van der Waals surface area contributed by atoms with Gasteiger partial charge < -0.3 is 25.4 Å². The molecule has 0 aliphatic carbocycles. The monoisotopic (exact) mass is 395 g/mol. The van der Waals surface area contributed by atoms with E-state index in [2.05, 4.69) is 10.6 Å². The molecule has 3 rings (SSSR count). The molecule has 8 nitrogen and oxygen atoms in total. The molecular formula is C20H33N3O5. The molecule has 1 spiro atoms. The molecule has 3 saturated heterocycles. The molecule has 2 bridgehead atoms. The van der Waals surface area contributed by atoms with Crippen molar-refractivity contribution in [2.24, 2.45) is 11.8 Å². The average Bonchev–Trinajstić information content (AvgIpc) is 3.24. The first-order valence-electron chi connectivity index (χ1n) is 10.3. The van der Waals surface area contributed by atoms with Crippen LogP contribution in [0.15, 0.2) is 0 Å². The van der Waals surface area contributed by atoms with Crippen molar-refractivity contribution < 1.29 is 24.2 Å². The van der Waals surface area contributed by atoms with E-state index < -0.39 is 35.1 Å². The Bertz CT molecular complexity index is 661. The third-order valence-corrected chi connectivity index (χ3v) is 6.08. The number of nitrogens with one attached hydrogen (secondary N) is 2. The minimum atomic E-state index is -1.01. The van der Waals surface area contributed by atoms with E-state index in [-0.39, 0.29) is 30.4 Å². The average molecular weight is 396 g/mol. The normalized spacial score (nSPS) is 35.1. The van der Waals surface area contributed by atoms with Crippen LogP contribution in [0.2, 0.25) is 0 Å². The summed E-state index contributed by atoms with van der Waals surface area (Å²) in [6.07, 6.45) is 1.66. The number of nitrogens with zero attached hydrogens (tertiary/aromatic N) is 1. The van der Waals surface area contributed by atoms with Crippen molar-refractivity contribution in [3.8, 4) is 0 Å². The number of aliphatic hydroxyl groups is 1. The standard InChI is InChI=1S/C20H33N3O5/c1-6-9-21-16(25)13-12-7-8-20(28-12)14(13)18(27)23(11(2)10-24)15(20)17(26)22-19(3,4)5/h11-15,24H,6-10H2,1-5H3,(H,21,25)(H,22,26)/t11-,12+,13-,14+,15?,20?/m1/s1. The van der Waals surface area contributed by atoms with Crippen LogP contribution < -0.4 is 10.6 Å². The second-order valence-corrected chi connectivity index (χ2v) is 9.36. The van der Waals surface area contributed by atoms with E-state index in [1.54, 1.807) is 6.92 Å². The third kappa shape index (κ3) is 3.20. The minimum absolute atomic E-state index is 0.180. The molecule has 3 aliphatic rings. The molecule has 3 heterocycles. The fourth-order valence-electron chi connectivity index (χ4n) is 5.06. The number of amides is 3. The lowest BCUT2D eigenvalue weighted by atomic mass is 9.70. The van der Waals surface area contributed by atoms with Gasteiger partial charge in [0.1, 0.15) is 11.6 Å². The van der Waals surface area contributed by atoms with Gasteiger partial charge in [0.2, 0.25) is 17.7 Å². The maximum atomic E-state index is 13.4. The van der Waals surface area contributed by atoms with E-state index in [1.807, 2.05) is 27.7 Å². The van der Waals surface area contributed by atoms with Gasteiger partial charge in [-0.1, -0.05) is 6.92 Å². The number of carbonyl (C=O) groups is 3. The van der Waals surface area contributed by atoms with E-state index in [0.29, 0.717) is 19.4 Å². The van der Waals surface area contributed by atoms with Crippen LogP contribution in [-0.2, 0) is 19.1 Å². The second kappa shape index (κ2) is 7.30. The molecule has 28 heavy (non-hydrogen) atoms. The lowest BCUT2D eigenvalue weighted by Gasteiger charge is -2.37. The first-order valence-corrected chi connectivity index (χ1v) is 10.3. The molecule has 158 valence electrons. The van der Waals surface area contributed by atoms with Crippen molar-refractivity contribution in [3.05, 3.63) is 0 Å². The predicted molar refractivity (Wildman–Crippen MR) is 102 cm³/mol. The summed E-state index contributed by atoms with van der Waals surface area (Å²) in [6, 6.07) is -1.38. The van der Waals surface area contributed by atoms with Crippen molar-refractivity contribution in [3.63, 3.8) is 0 Å². The summed E-state index contributed by atoms with van der Waals surface area (Å²) >= 11 is 0. The van der Waals surface area contributed by atoms with Crippen molar-refractivity contribution in [1.29, 1.82) is 0 Å². The molecule has 3 N–H and O–H groups in total. The van der Waals surface area contributed by atoms with Crippen LogP contribution in [0.4, 0.5) is 0 Å². The summed E-state index contributed by atoms with van der Waals surface area (Å²) in [5.41, 5.74) is -1.48. The number of ether oxygens (including phenoxy) is 1. The molecule has 0 aromatic heterocycles. The van der Waals surface area contributed by atoms with Crippen LogP contribution in [0.3, 0.4) is 0 Å². The zero-order chi connectivity index (χ0) is 20.9. The van der Waals surface area contributed by atoms with Crippen LogP contribution in [0, 0.1) is 11.8 Å². The number of fused-ring (bicyclic) bond motifs is 1. The molecule has 3 fully saturated rings. The van der Waals surface area contributed by atoms with Gasteiger partial charge in [0, 0.05) is 12.1 Å². The number of likely N-dealkylation sites (tertiary alicyclic amines) is 1. The van der Waals surface area contributed by atoms with Gasteiger partial charge in [-0.05, 0) is 47.0 Å². The molecule has 0 radical (unpaired) electrons. The summed E-state index contributed by atoms with van der Waals surface area (Å²) in [7, 11) is 0. The van der Waals surface area contributed by atoms with Crippen molar-refractivity contribution in [2.45, 2.75) is 83.2 Å². The Morgan fingerprint density at radius 2 is 2.04 bits per heavy atom. The lowest BCUT2D eigenvalue weighted by Crippen LogP contribution is -2.60. The summed E-state index contributed by atoms with van der Waals surface area (Å²) in [5.74, 6) is -2.02. The Morgan fingerprint density at radius 3 is 2.61 bits per heavy atom. The molecule has 0 aromatic rings. The first-order chi connectivity index (χ1) is 13.1. The number of hydrogen-bond acceptors (Lipinski definition) is 5. The quantitative estimate of drug-likeness (QED) is 0.595. The Kier molecular flexibility index (Phi) is 5.49. The summed E-state index contributed by atoms with van der Waals surface area (Å²) in [4.78, 5) is 40.9. The zero-order valence-electron chi connectivity index (χ0n) is 17.4. The van der Waals surface area contributed by atoms with Crippen LogP contribution >= 0.6 is 0 Å². The number of hydrogen-bond donors (Lipinski definition) is 3. The topological polar surface area (TPSA) is 108 Å². The lowest BCUT2D eigenvalue weighted by molar-refractivity contribution is -0.145. The molecule has 0 saturated carbocycles. The fourth-order valence-corrected chi connectivity index (χ4v) is 5.06.